The van der Waals surface area contributed by atoms with Crippen molar-refractivity contribution in [2.24, 2.45) is 17.8 Å². The zero-order valence-electron chi connectivity index (χ0n) is 18.6. The summed E-state index contributed by atoms with van der Waals surface area (Å²) in [6.07, 6.45) is 5.14. The van der Waals surface area contributed by atoms with Gasteiger partial charge in [-0.2, -0.15) is 10.1 Å². The molecular formula is C23H33FN6. The summed E-state index contributed by atoms with van der Waals surface area (Å²) in [6.45, 7) is 12.9. The van der Waals surface area contributed by atoms with Crippen LogP contribution < -0.4 is 10.2 Å². The van der Waals surface area contributed by atoms with Gasteiger partial charge in [0.25, 0.3) is 0 Å². The molecule has 2 N–H and O–H groups in total. The van der Waals surface area contributed by atoms with E-state index >= 15 is 0 Å². The van der Waals surface area contributed by atoms with Crippen LogP contribution in [0.25, 0.3) is 10.9 Å². The molecule has 3 rings (SSSR count). The van der Waals surface area contributed by atoms with Gasteiger partial charge in [-0.15, -0.1) is 0 Å². The van der Waals surface area contributed by atoms with E-state index in [0.29, 0.717) is 23.7 Å². The van der Waals surface area contributed by atoms with Gasteiger partial charge in [-0.05, 0) is 42.4 Å². The van der Waals surface area contributed by atoms with Gasteiger partial charge in [0, 0.05) is 24.2 Å². The number of rotatable bonds is 10. The van der Waals surface area contributed by atoms with E-state index in [1.807, 2.05) is 18.2 Å². The second-order valence-corrected chi connectivity index (χ2v) is 8.62. The Kier molecular flexibility index (Phi) is 7.24. The fourth-order valence-corrected chi connectivity index (χ4v) is 3.82. The van der Waals surface area contributed by atoms with Crippen LogP contribution in [-0.4, -0.2) is 33.3 Å². The number of halogens is 1. The zero-order chi connectivity index (χ0) is 21.7. The van der Waals surface area contributed by atoms with Crippen molar-refractivity contribution in [2.75, 3.05) is 23.3 Å². The lowest BCUT2D eigenvalue weighted by Crippen LogP contribution is -2.36. The third-order valence-electron chi connectivity index (χ3n) is 5.64. The highest BCUT2D eigenvalue weighted by Gasteiger charge is 2.23. The number of nitrogens with zero attached hydrogens (tertiary/aromatic N) is 4. The molecule has 0 unspecified atom stereocenters. The molecule has 0 amide bonds. The van der Waals surface area contributed by atoms with Crippen LogP contribution in [-0.2, 0) is 0 Å². The number of unbranched alkanes of at least 4 members (excludes halogenated alkanes) is 1. The molecule has 0 saturated heterocycles. The maximum atomic E-state index is 14.5. The number of aromatic amines is 1. The van der Waals surface area contributed by atoms with Gasteiger partial charge in [-0.25, -0.2) is 9.37 Å². The number of hydrogen-bond acceptors (Lipinski definition) is 5. The lowest BCUT2D eigenvalue weighted by Gasteiger charge is -2.32. The van der Waals surface area contributed by atoms with Gasteiger partial charge < -0.3 is 10.2 Å². The Balaban J connectivity index is 1.86. The molecule has 3 aromatic rings. The van der Waals surface area contributed by atoms with E-state index in [1.54, 1.807) is 6.20 Å². The molecule has 0 aliphatic heterocycles. The highest BCUT2D eigenvalue weighted by Crippen LogP contribution is 2.26. The average Bonchev–Trinajstić information content (AvgIpc) is 3.17. The number of anilines is 3. The van der Waals surface area contributed by atoms with Crippen LogP contribution in [0.4, 0.5) is 21.8 Å². The maximum absolute atomic E-state index is 14.5. The molecule has 2 heterocycles. The molecule has 7 heteroatoms. The number of aromatic nitrogens is 4. The Bertz CT molecular complexity index is 944. The quantitative estimate of drug-likeness (QED) is 0.442. The number of hydrogen-bond donors (Lipinski definition) is 2. The third kappa shape index (κ3) is 5.26. The van der Waals surface area contributed by atoms with Crippen molar-refractivity contribution in [2.45, 2.75) is 47.5 Å². The molecule has 0 fully saturated rings. The van der Waals surface area contributed by atoms with Crippen molar-refractivity contribution in [3.63, 3.8) is 0 Å². The molecule has 0 bridgehead atoms. The first-order valence-corrected chi connectivity index (χ1v) is 10.9. The van der Waals surface area contributed by atoms with Crippen LogP contribution in [0, 0.1) is 23.6 Å². The summed E-state index contributed by atoms with van der Waals surface area (Å²) in [5.41, 5.74) is 1.69. The summed E-state index contributed by atoms with van der Waals surface area (Å²) in [5.74, 6) is 1.90. The summed E-state index contributed by atoms with van der Waals surface area (Å²) in [6, 6.07) is 5.71. The topological polar surface area (TPSA) is 69.7 Å². The Labute approximate surface area is 178 Å². The van der Waals surface area contributed by atoms with Gasteiger partial charge in [0.2, 0.25) is 5.95 Å². The molecule has 30 heavy (non-hydrogen) atoms. The van der Waals surface area contributed by atoms with E-state index in [9.17, 15) is 4.39 Å². The predicted octanol–water partition coefficient (Wildman–Crippen LogP) is 5.77. The van der Waals surface area contributed by atoms with Gasteiger partial charge in [-0.3, -0.25) is 5.10 Å². The standard InChI is InChI=1S/C23H33FN6/c1-6-7-10-30(14-19(15(2)3)16(4)5)23-25-13-20(24)22(28-23)27-18-8-9-21-17(11-18)12-26-29-21/h8-9,11-13,15-16,19H,6-7,10,14H2,1-5H3,(H,26,29)(H,25,27,28). The second-order valence-electron chi connectivity index (χ2n) is 8.62. The highest BCUT2D eigenvalue weighted by molar-refractivity contribution is 5.82. The fourth-order valence-electron chi connectivity index (χ4n) is 3.82. The Hall–Kier alpha value is -2.70. The predicted molar refractivity (Wildman–Crippen MR) is 122 cm³/mol. The first kappa shape index (κ1) is 22.0. The SMILES string of the molecule is CCCCN(CC(C(C)C)C(C)C)c1ncc(F)c(Nc2ccc3[nH]ncc3c2)n1. The molecule has 1 aromatic carbocycles. The first-order chi connectivity index (χ1) is 14.4. The molecule has 0 aliphatic rings. The van der Waals surface area contributed by atoms with Gasteiger partial charge >= 0.3 is 0 Å². The Morgan fingerprint density at radius 3 is 2.60 bits per heavy atom. The van der Waals surface area contributed by atoms with Crippen molar-refractivity contribution in [3.8, 4) is 0 Å². The summed E-state index contributed by atoms with van der Waals surface area (Å²) >= 11 is 0. The van der Waals surface area contributed by atoms with E-state index < -0.39 is 5.82 Å². The maximum Gasteiger partial charge on any atom is 0.227 e. The highest BCUT2D eigenvalue weighted by atomic mass is 19.1. The summed E-state index contributed by atoms with van der Waals surface area (Å²) in [4.78, 5) is 11.1. The largest absolute Gasteiger partial charge is 0.340 e. The molecule has 0 aliphatic carbocycles. The van der Waals surface area contributed by atoms with Gasteiger partial charge in [0.05, 0.1) is 17.9 Å². The van der Waals surface area contributed by atoms with Crippen LogP contribution in [0.15, 0.2) is 30.6 Å². The number of nitrogens with one attached hydrogen (secondary N) is 2. The minimum absolute atomic E-state index is 0.190. The Morgan fingerprint density at radius 2 is 1.90 bits per heavy atom. The zero-order valence-corrected chi connectivity index (χ0v) is 18.6. The molecular weight excluding hydrogens is 379 g/mol. The molecule has 0 radical (unpaired) electrons. The van der Waals surface area contributed by atoms with E-state index in [0.717, 1.165) is 42.5 Å². The van der Waals surface area contributed by atoms with Gasteiger partial charge in [-0.1, -0.05) is 41.0 Å². The third-order valence-corrected chi connectivity index (χ3v) is 5.64. The van der Waals surface area contributed by atoms with E-state index in [2.05, 4.69) is 65.0 Å². The summed E-state index contributed by atoms with van der Waals surface area (Å²) < 4.78 is 14.5. The van der Waals surface area contributed by atoms with E-state index in [-0.39, 0.29) is 5.82 Å². The van der Waals surface area contributed by atoms with Crippen molar-refractivity contribution >= 4 is 28.4 Å². The molecule has 0 atom stereocenters. The van der Waals surface area contributed by atoms with Crippen LogP contribution in [0.3, 0.4) is 0 Å². The van der Waals surface area contributed by atoms with Crippen molar-refractivity contribution in [1.82, 2.24) is 20.2 Å². The first-order valence-electron chi connectivity index (χ1n) is 10.9. The monoisotopic (exact) mass is 412 g/mol. The van der Waals surface area contributed by atoms with Crippen LogP contribution in [0.1, 0.15) is 47.5 Å². The van der Waals surface area contributed by atoms with E-state index in [4.69, 9.17) is 0 Å². The second kappa shape index (κ2) is 9.87. The number of fused-ring (bicyclic) bond motifs is 1. The van der Waals surface area contributed by atoms with Crippen LogP contribution in [0.2, 0.25) is 0 Å². The lowest BCUT2D eigenvalue weighted by atomic mass is 9.85. The molecule has 0 spiro atoms. The van der Waals surface area contributed by atoms with Gasteiger partial charge in [0.15, 0.2) is 11.6 Å². The Morgan fingerprint density at radius 1 is 1.13 bits per heavy atom. The average molecular weight is 413 g/mol. The lowest BCUT2D eigenvalue weighted by molar-refractivity contribution is 0.289. The normalized spacial score (nSPS) is 11.8. The molecule has 0 saturated carbocycles. The minimum atomic E-state index is -0.467. The minimum Gasteiger partial charge on any atom is -0.340 e. The van der Waals surface area contributed by atoms with Crippen molar-refractivity contribution in [1.29, 1.82) is 0 Å². The summed E-state index contributed by atoms with van der Waals surface area (Å²) in [5, 5.41) is 11.0. The fraction of sp³-hybridized carbons (Fsp3) is 0.522. The molecule has 6 nitrogen and oxygen atoms in total. The molecule has 162 valence electrons. The smallest absolute Gasteiger partial charge is 0.227 e. The number of benzene rings is 1. The van der Waals surface area contributed by atoms with Crippen molar-refractivity contribution in [3.05, 3.63) is 36.4 Å². The van der Waals surface area contributed by atoms with Crippen LogP contribution in [0.5, 0.6) is 0 Å². The van der Waals surface area contributed by atoms with Crippen molar-refractivity contribution < 1.29 is 4.39 Å². The molecule has 2 aromatic heterocycles. The van der Waals surface area contributed by atoms with Gasteiger partial charge in [0.1, 0.15) is 0 Å². The van der Waals surface area contributed by atoms with Crippen LogP contribution >= 0.6 is 0 Å². The number of H-pyrrole nitrogens is 1. The summed E-state index contributed by atoms with van der Waals surface area (Å²) in [7, 11) is 0. The van der Waals surface area contributed by atoms with E-state index in [1.165, 1.54) is 6.20 Å².